The normalized spacial score (nSPS) is 27.2. The average molecular weight is 452 g/mol. The predicted octanol–water partition coefficient (Wildman–Crippen LogP) is 5.21. The molecule has 0 bridgehead atoms. The molecule has 1 N–H and O–H groups in total. The van der Waals surface area contributed by atoms with Crippen molar-refractivity contribution < 1.29 is 14.6 Å². The van der Waals surface area contributed by atoms with Crippen molar-refractivity contribution in [1.82, 2.24) is 4.98 Å². The summed E-state index contributed by atoms with van der Waals surface area (Å²) in [7, 11) is 1.60. The molecule has 1 aromatic heterocycles. The highest BCUT2D eigenvalue weighted by Crippen LogP contribution is 2.67. The van der Waals surface area contributed by atoms with Crippen molar-refractivity contribution in [1.29, 1.82) is 0 Å². The number of aromatic nitrogens is 1. The zero-order chi connectivity index (χ0) is 20.2. The van der Waals surface area contributed by atoms with Crippen molar-refractivity contribution in [2.45, 2.75) is 36.9 Å². The third kappa shape index (κ3) is 2.50. The maximum absolute atomic E-state index is 12.2. The number of halogens is 1. The maximum Gasteiger partial charge on any atom is 0.174 e. The highest BCUT2D eigenvalue weighted by molar-refractivity contribution is 9.10. The molecule has 3 unspecified atom stereocenters. The van der Waals surface area contributed by atoms with Gasteiger partial charge in [-0.05, 0) is 43.0 Å². The molecule has 2 heterocycles. The Morgan fingerprint density at radius 2 is 1.83 bits per heavy atom. The van der Waals surface area contributed by atoms with Crippen LogP contribution in [0.15, 0.2) is 65.4 Å². The summed E-state index contributed by atoms with van der Waals surface area (Å²) in [4.78, 5) is 4.27. The van der Waals surface area contributed by atoms with E-state index in [9.17, 15) is 5.11 Å². The molecule has 0 amide bonds. The largest absolute Gasteiger partial charge is 0.495 e. The fourth-order valence-electron chi connectivity index (χ4n) is 5.13. The summed E-state index contributed by atoms with van der Waals surface area (Å²) in [6.07, 6.45) is 4.72. The van der Waals surface area contributed by atoms with Crippen LogP contribution in [0.2, 0.25) is 0 Å². The van der Waals surface area contributed by atoms with Gasteiger partial charge in [0.25, 0.3) is 0 Å². The molecule has 1 aliphatic carbocycles. The number of benzene rings is 2. The zero-order valence-electron chi connectivity index (χ0n) is 16.4. The molecule has 0 saturated heterocycles. The van der Waals surface area contributed by atoms with E-state index in [1.54, 1.807) is 19.5 Å². The summed E-state index contributed by atoms with van der Waals surface area (Å²) in [6, 6.07) is 16.6. The van der Waals surface area contributed by atoms with Crippen molar-refractivity contribution in [2.24, 2.45) is 0 Å². The van der Waals surface area contributed by atoms with Crippen LogP contribution < -0.4 is 9.47 Å². The SMILES string of the molecule is COc1cncc2c1C1(O)CCC(c3ccc(C)cc3)C1(c1ccc(Br)cc1)O2. The number of fused-ring (bicyclic) bond motifs is 3. The summed E-state index contributed by atoms with van der Waals surface area (Å²) >= 11 is 3.52. The Hall–Kier alpha value is -2.37. The molecule has 5 rings (SSSR count). The quantitative estimate of drug-likeness (QED) is 0.593. The molecular formula is C24H22BrNO3. The van der Waals surface area contributed by atoms with Gasteiger partial charge in [-0.25, -0.2) is 0 Å². The molecule has 3 atom stereocenters. The zero-order valence-corrected chi connectivity index (χ0v) is 17.9. The third-order valence-corrected chi connectivity index (χ3v) is 6.96. The van der Waals surface area contributed by atoms with Gasteiger partial charge in [0, 0.05) is 10.4 Å². The van der Waals surface area contributed by atoms with Crippen molar-refractivity contribution in [3.63, 3.8) is 0 Å². The molecule has 0 spiro atoms. The van der Waals surface area contributed by atoms with E-state index in [0.717, 1.165) is 22.0 Å². The second-order valence-electron chi connectivity index (χ2n) is 7.92. The van der Waals surface area contributed by atoms with Crippen molar-refractivity contribution >= 4 is 15.9 Å². The molecule has 1 aliphatic heterocycles. The van der Waals surface area contributed by atoms with Crippen LogP contribution in [0.3, 0.4) is 0 Å². The summed E-state index contributed by atoms with van der Waals surface area (Å²) in [5.41, 5.74) is 1.87. The lowest BCUT2D eigenvalue weighted by Crippen LogP contribution is -2.48. The van der Waals surface area contributed by atoms with E-state index < -0.39 is 11.2 Å². The van der Waals surface area contributed by atoms with E-state index >= 15 is 0 Å². The average Bonchev–Trinajstić information content (AvgIpc) is 3.16. The number of methoxy groups -OCH3 is 1. The second kappa shape index (κ2) is 6.57. The minimum Gasteiger partial charge on any atom is -0.495 e. The van der Waals surface area contributed by atoms with Gasteiger partial charge in [0.15, 0.2) is 5.60 Å². The highest BCUT2D eigenvalue weighted by Gasteiger charge is 2.69. The minimum absolute atomic E-state index is 0.00798. The predicted molar refractivity (Wildman–Crippen MR) is 114 cm³/mol. The van der Waals surface area contributed by atoms with Gasteiger partial charge in [-0.15, -0.1) is 0 Å². The number of hydrogen-bond acceptors (Lipinski definition) is 4. The number of ether oxygens (including phenoxy) is 2. The summed E-state index contributed by atoms with van der Waals surface area (Å²) in [5, 5.41) is 12.2. The molecule has 2 aliphatic rings. The molecule has 1 saturated carbocycles. The van der Waals surface area contributed by atoms with Gasteiger partial charge in [-0.1, -0.05) is 57.9 Å². The van der Waals surface area contributed by atoms with Crippen LogP contribution in [0.25, 0.3) is 0 Å². The van der Waals surface area contributed by atoms with Gasteiger partial charge in [-0.3, -0.25) is 4.98 Å². The molecule has 2 aromatic carbocycles. The van der Waals surface area contributed by atoms with Gasteiger partial charge in [-0.2, -0.15) is 0 Å². The molecule has 148 valence electrons. The summed E-state index contributed by atoms with van der Waals surface area (Å²) in [6.45, 7) is 2.08. The van der Waals surface area contributed by atoms with E-state index in [1.165, 1.54) is 5.56 Å². The Morgan fingerprint density at radius 1 is 1.10 bits per heavy atom. The first-order chi connectivity index (χ1) is 14.0. The Labute approximate surface area is 178 Å². The first kappa shape index (κ1) is 18.6. The lowest BCUT2D eigenvalue weighted by atomic mass is 9.71. The van der Waals surface area contributed by atoms with E-state index in [-0.39, 0.29) is 5.92 Å². The van der Waals surface area contributed by atoms with Crippen molar-refractivity contribution in [2.75, 3.05) is 7.11 Å². The van der Waals surface area contributed by atoms with Crippen LogP contribution in [-0.4, -0.2) is 17.2 Å². The van der Waals surface area contributed by atoms with Gasteiger partial charge in [0.1, 0.15) is 17.1 Å². The molecule has 5 heteroatoms. The fourth-order valence-corrected chi connectivity index (χ4v) is 5.39. The smallest absolute Gasteiger partial charge is 0.174 e. The highest BCUT2D eigenvalue weighted by atomic mass is 79.9. The monoisotopic (exact) mass is 451 g/mol. The van der Waals surface area contributed by atoms with Gasteiger partial charge < -0.3 is 14.6 Å². The van der Waals surface area contributed by atoms with Gasteiger partial charge in [0.2, 0.25) is 0 Å². The van der Waals surface area contributed by atoms with Crippen molar-refractivity contribution in [3.05, 3.63) is 87.7 Å². The molecular weight excluding hydrogens is 430 g/mol. The minimum atomic E-state index is -1.21. The molecule has 3 aromatic rings. The number of nitrogens with zero attached hydrogens (tertiary/aromatic N) is 1. The third-order valence-electron chi connectivity index (χ3n) is 6.43. The Bertz CT molecular complexity index is 1070. The summed E-state index contributed by atoms with van der Waals surface area (Å²) in [5.74, 6) is 1.14. The van der Waals surface area contributed by atoms with Gasteiger partial charge >= 0.3 is 0 Å². The lowest BCUT2D eigenvalue weighted by Gasteiger charge is -2.40. The van der Waals surface area contributed by atoms with Crippen LogP contribution in [0.5, 0.6) is 11.5 Å². The number of rotatable bonds is 3. The van der Waals surface area contributed by atoms with Crippen LogP contribution in [0.4, 0.5) is 0 Å². The second-order valence-corrected chi connectivity index (χ2v) is 8.84. The lowest BCUT2D eigenvalue weighted by molar-refractivity contribution is -0.106. The van der Waals surface area contributed by atoms with E-state index in [4.69, 9.17) is 9.47 Å². The Balaban J connectivity index is 1.77. The first-order valence-electron chi connectivity index (χ1n) is 9.76. The van der Waals surface area contributed by atoms with Crippen LogP contribution in [-0.2, 0) is 11.2 Å². The molecule has 29 heavy (non-hydrogen) atoms. The molecule has 1 fully saturated rings. The van der Waals surface area contributed by atoms with Crippen LogP contribution in [0, 0.1) is 6.92 Å². The van der Waals surface area contributed by atoms with Crippen molar-refractivity contribution in [3.8, 4) is 11.5 Å². The standard InChI is InChI=1S/C24H22BrNO3/c1-15-3-5-16(6-4-15)19-11-12-23(27)22-20(28-2)13-26-14-21(22)29-24(19,23)17-7-9-18(25)10-8-17/h3-10,13-14,19,27H,11-12H2,1-2H3. The number of aliphatic hydroxyl groups is 1. The fraction of sp³-hybridized carbons (Fsp3) is 0.292. The van der Waals surface area contributed by atoms with Crippen LogP contribution in [0.1, 0.15) is 41.0 Å². The number of hydrogen-bond donors (Lipinski definition) is 1. The van der Waals surface area contributed by atoms with E-state index in [1.807, 2.05) is 24.3 Å². The first-order valence-corrected chi connectivity index (χ1v) is 10.6. The van der Waals surface area contributed by atoms with E-state index in [2.05, 4.69) is 52.1 Å². The Kier molecular flexibility index (Phi) is 4.23. The van der Waals surface area contributed by atoms with Crippen LogP contribution >= 0.6 is 15.9 Å². The van der Waals surface area contributed by atoms with E-state index in [0.29, 0.717) is 23.5 Å². The number of aryl methyl sites for hydroxylation is 1. The topological polar surface area (TPSA) is 51.6 Å². The Morgan fingerprint density at radius 3 is 2.52 bits per heavy atom. The van der Waals surface area contributed by atoms with Gasteiger partial charge in [0.05, 0.1) is 25.1 Å². The summed E-state index contributed by atoms with van der Waals surface area (Å²) < 4.78 is 13.2. The number of pyridine rings is 1. The maximum atomic E-state index is 12.2. The molecule has 4 nitrogen and oxygen atoms in total. The molecule has 0 radical (unpaired) electrons.